The molecule has 0 aliphatic carbocycles. The Labute approximate surface area is 74.5 Å². The number of ether oxygens (including phenoxy) is 1. The maximum Gasteiger partial charge on any atom is 0.396 e. The molecule has 2 nitrogen and oxygen atoms in total. The average molecular weight is 195 g/mol. The van der Waals surface area contributed by atoms with Crippen LogP contribution in [0.4, 0.5) is 13.2 Å². The Balaban J connectivity index is 2.70. The summed E-state index contributed by atoms with van der Waals surface area (Å²) in [6.07, 6.45) is -1.98. The molecule has 1 unspecified atom stereocenters. The van der Waals surface area contributed by atoms with E-state index in [1.54, 1.807) is 0 Å². The van der Waals surface area contributed by atoms with Gasteiger partial charge in [-0.3, -0.25) is 0 Å². The first-order valence-corrected chi connectivity index (χ1v) is 4.13. The molecule has 0 radical (unpaired) electrons. The van der Waals surface area contributed by atoms with Crippen molar-refractivity contribution >= 4 is 0 Å². The van der Waals surface area contributed by atoms with Crippen molar-refractivity contribution in [3.8, 4) is 0 Å². The molecule has 0 aromatic heterocycles. The number of alkyl halides is 3. The molecule has 76 valence electrons. The minimum atomic E-state index is -4.25. The smallest absolute Gasteiger partial charge is 0.396 e. The van der Waals surface area contributed by atoms with Gasteiger partial charge in [0.25, 0.3) is 0 Å². The molecular weight excluding hydrogens is 183 g/mol. The van der Waals surface area contributed by atoms with Crippen molar-refractivity contribution in [1.29, 1.82) is 0 Å². The summed E-state index contributed by atoms with van der Waals surface area (Å²) in [5, 5.41) is 0. The molecule has 1 rings (SSSR count). The molecule has 1 atom stereocenters. The van der Waals surface area contributed by atoms with E-state index in [0.717, 1.165) is 0 Å². The first kappa shape index (κ1) is 10.4. The van der Waals surface area contributed by atoms with Gasteiger partial charge in [-0.1, -0.05) is 0 Å². The van der Waals surface area contributed by atoms with Gasteiger partial charge in [0.05, 0.1) is 18.8 Å². The van der Waals surface area contributed by atoms with Crippen LogP contribution in [0.2, 0.25) is 0 Å². The fourth-order valence-electron chi connectivity index (χ4n) is 1.34. The van der Waals surface area contributed by atoms with E-state index in [1.807, 2.05) is 0 Å². The normalized spacial score (nSPS) is 20.5. The van der Waals surface area contributed by atoms with E-state index < -0.39 is 18.6 Å². The summed E-state index contributed by atoms with van der Waals surface area (Å²) in [5.74, 6) is -1.53. The van der Waals surface area contributed by atoms with Gasteiger partial charge in [0.15, 0.2) is 0 Å². The van der Waals surface area contributed by atoms with Gasteiger partial charge in [0, 0.05) is 6.54 Å². The van der Waals surface area contributed by atoms with E-state index in [0.29, 0.717) is 19.4 Å². The van der Waals surface area contributed by atoms with Crippen LogP contribution in [-0.2, 0) is 4.74 Å². The number of hydrogen-bond donors (Lipinski definition) is 1. The van der Waals surface area contributed by atoms with E-state index in [2.05, 4.69) is 0 Å². The predicted octanol–water partition coefficient (Wildman–Crippen LogP) is 1.82. The zero-order valence-electron chi connectivity index (χ0n) is 7.10. The second-order valence-electron chi connectivity index (χ2n) is 3.00. The van der Waals surface area contributed by atoms with Gasteiger partial charge in [0.2, 0.25) is 0 Å². The first-order chi connectivity index (χ1) is 6.05. The Morgan fingerprint density at radius 2 is 2.23 bits per heavy atom. The van der Waals surface area contributed by atoms with Crippen molar-refractivity contribution in [3.63, 3.8) is 0 Å². The fraction of sp³-hybridized carbons (Fsp3) is 0.750. The Morgan fingerprint density at radius 1 is 1.54 bits per heavy atom. The van der Waals surface area contributed by atoms with Crippen LogP contribution in [0.1, 0.15) is 12.8 Å². The van der Waals surface area contributed by atoms with E-state index in [1.165, 1.54) is 6.26 Å². The summed E-state index contributed by atoms with van der Waals surface area (Å²) in [7, 11) is 0. The van der Waals surface area contributed by atoms with E-state index in [-0.39, 0.29) is 5.57 Å². The van der Waals surface area contributed by atoms with Gasteiger partial charge in [-0.2, -0.15) is 13.2 Å². The molecule has 13 heavy (non-hydrogen) atoms. The molecule has 0 bridgehead atoms. The monoisotopic (exact) mass is 195 g/mol. The molecule has 1 heterocycles. The van der Waals surface area contributed by atoms with Crippen molar-refractivity contribution in [3.05, 3.63) is 11.8 Å². The maximum absolute atomic E-state index is 12.3. The molecule has 0 saturated heterocycles. The molecule has 1 aliphatic rings. The molecule has 0 aromatic carbocycles. The third-order valence-electron chi connectivity index (χ3n) is 2.04. The van der Waals surface area contributed by atoms with Crippen LogP contribution in [0, 0.1) is 5.92 Å². The first-order valence-electron chi connectivity index (χ1n) is 4.13. The molecule has 0 spiro atoms. The lowest BCUT2D eigenvalue weighted by atomic mass is 9.95. The minimum Gasteiger partial charge on any atom is -0.501 e. The lowest BCUT2D eigenvalue weighted by molar-refractivity contribution is -0.162. The predicted molar refractivity (Wildman–Crippen MR) is 41.9 cm³/mol. The standard InChI is InChI=1S/C8H12F3NO/c9-8(10,11)7(4-12)6-2-1-3-13-5-6/h5,7H,1-4,12H2. The Hall–Kier alpha value is -0.710. The second-order valence-corrected chi connectivity index (χ2v) is 3.00. The quantitative estimate of drug-likeness (QED) is 0.729. The third-order valence-corrected chi connectivity index (χ3v) is 2.04. The number of halogens is 3. The second kappa shape index (κ2) is 4.00. The Bertz CT molecular complexity index is 200. The lowest BCUT2D eigenvalue weighted by Gasteiger charge is -2.23. The Morgan fingerprint density at radius 3 is 2.62 bits per heavy atom. The summed E-state index contributed by atoms with van der Waals surface area (Å²) in [4.78, 5) is 0. The van der Waals surface area contributed by atoms with E-state index in [4.69, 9.17) is 10.5 Å². The van der Waals surface area contributed by atoms with Crippen molar-refractivity contribution in [2.24, 2.45) is 11.7 Å². The molecule has 0 saturated carbocycles. The zero-order chi connectivity index (χ0) is 9.90. The van der Waals surface area contributed by atoms with Crippen LogP contribution in [-0.4, -0.2) is 19.3 Å². The van der Waals surface area contributed by atoms with Gasteiger partial charge in [-0.25, -0.2) is 0 Å². The topological polar surface area (TPSA) is 35.2 Å². The highest BCUT2D eigenvalue weighted by Crippen LogP contribution is 2.34. The summed E-state index contributed by atoms with van der Waals surface area (Å²) >= 11 is 0. The van der Waals surface area contributed by atoms with E-state index >= 15 is 0 Å². The summed E-state index contributed by atoms with van der Waals surface area (Å²) in [5.41, 5.74) is 5.34. The Kier molecular flexibility index (Phi) is 3.19. The van der Waals surface area contributed by atoms with Crippen LogP contribution >= 0.6 is 0 Å². The van der Waals surface area contributed by atoms with Crippen LogP contribution in [0.15, 0.2) is 11.8 Å². The van der Waals surface area contributed by atoms with Crippen molar-refractivity contribution in [1.82, 2.24) is 0 Å². The van der Waals surface area contributed by atoms with Gasteiger partial charge < -0.3 is 10.5 Å². The molecule has 1 aliphatic heterocycles. The molecule has 0 aromatic rings. The maximum atomic E-state index is 12.3. The molecule has 5 heteroatoms. The number of rotatable bonds is 2. The molecule has 0 fully saturated rings. The highest BCUT2D eigenvalue weighted by molar-refractivity contribution is 5.08. The van der Waals surface area contributed by atoms with E-state index in [9.17, 15) is 13.2 Å². The van der Waals surface area contributed by atoms with Gasteiger partial charge in [-0.05, 0) is 18.4 Å². The van der Waals surface area contributed by atoms with Gasteiger partial charge >= 0.3 is 6.18 Å². The van der Waals surface area contributed by atoms with Crippen LogP contribution in [0.25, 0.3) is 0 Å². The van der Waals surface area contributed by atoms with Crippen LogP contribution < -0.4 is 5.73 Å². The van der Waals surface area contributed by atoms with Crippen molar-refractivity contribution < 1.29 is 17.9 Å². The third kappa shape index (κ3) is 2.62. The number of nitrogens with two attached hydrogens (primary N) is 1. The van der Waals surface area contributed by atoms with Crippen molar-refractivity contribution in [2.45, 2.75) is 19.0 Å². The summed E-state index contributed by atoms with van der Waals surface area (Å²) < 4.78 is 41.8. The zero-order valence-corrected chi connectivity index (χ0v) is 7.10. The number of hydrogen-bond acceptors (Lipinski definition) is 2. The van der Waals surface area contributed by atoms with Crippen LogP contribution in [0.5, 0.6) is 0 Å². The van der Waals surface area contributed by atoms with Gasteiger partial charge in [0.1, 0.15) is 0 Å². The fourth-order valence-corrected chi connectivity index (χ4v) is 1.34. The SMILES string of the molecule is NCC(C1=COCCC1)C(F)(F)F. The van der Waals surface area contributed by atoms with Crippen molar-refractivity contribution in [2.75, 3.05) is 13.2 Å². The summed E-state index contributed by atoms with van der Waals surface area (Å²) in [6.45, 7) is 0.0946. The summed E-state index contributed by atoms with van der Waals surface area (Å²) in [6, 6.07) is 0. The molecule has 2 N–H and O–H groups in total. The highest BCUT2D eigenvalue weighted by atomic mass is 19.4. The highest BCUT2D eigenvalue weighted by Gasteiger charge is 2.41. The lowest BCUT2D eigenvalue weighted by Crippen LogP contribution is -2.32. The van der Waals surface area contributed by atoms with Gasteiger partial charge in [-0.15, -0.1) is 0 Å². The largest absolute Gasteiger partial charge is 0.501 e. The minimum absolute atomic E-state index is 0.265. The molecule has 0 amide bonds. The van der Waals surface area contributed by atoms with Crippen LogP contribution in [0.3, 0.4) is 0 Å². The average Bonchev–Trinajstić information content (AvgIpc) is 2.05. The molecular formula is C8H12F3NO.